The summed E-state index contributed by atoms with van der Waals surface area (Å²) in [6.07, 6.45) is 0.0140. The maximum absolute atomic E-state index is 11.7. The summed E-state index contributed by atoms with van der Waals surface area (Å²) in [4.78, 5) is 24.0. The number of rotatable bonds is 4. The van der Waals surface area contributed by atoms with Crippen LogP contribution >= 0.6 is 0 Å². The van der Waals surface area contributed by atoms with E-state index < -0.39 is 11.9 Å². The van der Waals surface area contributed by atoms with Crippen molar-refractivity contribution in [2.75, 3.05) is 13.7 Å². The molecule has 0 spiro atoms. The molecule has 1 aliphatic rings. The minimum absolute atomic E-state index is 0.0140. The second-order valence-electron chi connectivity index (χ2n) is 4.48. The fourth-order valence-electron chi connectivity index (χ4n) is 2.16. The molecular weight excluding hydrogens is 250 g/mol. The Morgan fingerprint density at radius 1 is 1.53 bits per heavy atom. The quantitative estimate of drug-likeness (QED) is 0.842. The van der Waals surface area contributed by atoms with E-state index >= 15 is 0 Å². The minimum Gasteiger partial charge on any atom is -0.504 e. The van der Waals surface area contributed by atoms with Crippen molar-refractivity contribution in [2.45, 2.75) is 13.0 Å². The molecule has 0 unspecified atom stereocenters. The summed E-state index contributed by atoms with van der Waals surface area (Å²) in [5.41, 5.74) is 0.540. The predicted octanol–water partition coefficient (Wildman–Crippen LogP) is 0.834. The van der Waals surface area contributed by atoms with Gasteiger partial charge in [-0.25, -0.2) is 0 Å². The number of methoxy groups -OCH3 is 1. The number of phenolic OH excluding ortho intramolecular Hbond substituents is 1. The zero-order valence-corrected chi connectivity index (χ0v) is 10.5. The number of carbonyl (C=O) groups is 2. The highest BCUT2D eigenvalue weighted by Gasteiger charge is 2.34. The first kappa shape index (κ1) is 13.2. The molecule has 6 nitrogen and oxygen atoms in total. The Bertz CT molecular complexity index is 514. The molecule has 2 rings (SSSR count). The Labute approximate surface area is 110 Å². The first-order valence-corrected chi connectivity index (χ1v) is 5.88. The van der Waals surface area contributed by atoms with Crippen molar-refractivity contribution in [1.29, 1.82) is 0 Å². The van der Waals surface area contributed by atoms with Gasteiger partial charge in [0.1, 0.15) is 0 Å². The van der Waals surface area contributed by atoms with Crippen LogP contribution in [-0.2, 0) is 16.1 Å². The molecular formula is C13H15NO5. The summed E-state index contributed by atoms with van der Waals surface area (Å²) in [6.45, 7) is 0.358. The van der Waals surface area contributed by atoms with Gasteiger partial charge in [-0.05, 0) is 6.07 Å². The number of aromatic hydroxyl groups is 1. The number of hydrogen-bond donors (Lipinski definition) is 2. The standard InChI is InChI=1S/C13H15NO5/c1-19-10-4-2-3-8(12(10)16)6-14-7-9(13(17)18)5-11(14)15/h2-4,9,16H,5-7H2,1H3,(H,17,18)/t9-/m1/s1. The molecule has 1 aromatic rings. The average Bonchev–Trinajstić information content (AvgIpc) is 2.74. The van der Waals surface area contributed by atoms with E-state index in [4.69, 9.17) is 9.84 Å². The Morgan fingerprint density at radius 3 is 2.84 bits per heavy atom. The summed E-state index contributed by atoms with van der Waals surface area (Å²) >= 11 is 0. The number of carbonyl (C=O) groups excluding carboxylic acids is 1. The Morgan fingerprint density at radius 2 is 2.26 bits per heavy atom. The van der Waals surface area contributed by atoms with Crippen molar-refractivity contribution in [2.24, 2.45) is 5.92 Å². The number of phenols is 1. The van der Waals surface area contributed by atoms with Crippen LogP contribution in [0.5, 0.6) is 11.5 Å². The first-order valence-electron chi connectivity index (χ1n) is 5.88. The Balaban J connectivity index is 2.14. The van der Waals surface area contributed by atoms with Gasteiger partial charge in [-0.3, -0.25) is 9.59 Å². The zero-order chi connectivity index (χ0) is 14.0. The maximum Gasteiger partial charge on any atom is 0.308 e. The third-order valence-electron chi connectivity index (χ3n) is 3.23. The van der Waals surface area contributed by atoms with Gasteiger partial charge in [0, 0.05) is 25.1 Å². The summed E-state index contributed by atoms with van der Waals surface area (Å²) in [6, 6.07) is 5.01. The summed E-state index contributed by atoms with van der Waals surface area (Å²) < 4.78 is 4.99. The first-order chi connectivity index (χ1) is 9.02. The van der Waals surface area contributed by atoms with Crippen LogP contribution in [0.4, 0.5) is 0 Å². The molecule has 1 atom stereocenters. The summed E-state index contributed by atoms with van der Waals surface area (Å²) in [7, 11) is 1.44. The van der Waals surface area contributed by atoms with Gasteiger partial charge >= 0.3 is 5.97 Å². The lowest BCUT2D eigenvalue weighted by Gasteiger charge is -2.17. The lowest BCUT2D eigenvalue weighted by molar-refractivity contribution is -0.141. The number of nitrogens with zero attached hydrogens (tertiary/aromatic N) is 1. The zero-order valence-electron chi connectivity index (χ0n) is 10.5. The molecule has 1 aliphatic heterocycles. The Kier molecular flexibility index (Phi) is 3.59. The molecule has 19 heavy (non-hydrogen) atoms. The molecule has 0 radical (unpaired) electrons. The number of hydrogen-bond acceptors (Lipinski definition) is 4. The van der Waals surface area contributed by atoms with E-state index in [9.17, 15) is 14.7 Å². The number of likely N-dealkylation sites (tertiary alicyclic amines) is 1. The van der Waals surface area contributed by atoms with Crippen molar-refractivity contribution in [3.05, 3.63) is 23.8 Å². The van der Waals surface area contributed by atoms with E-state index in [0.717, 1.165) is 0 Å². The third-order valence-corrected chi connectivity index (χ3v) is 3.23. The van der Waals surface area contributed by atoms with Gasteiger partial charge in [-0.15, -0.1) is 0 Å². The van der Waals surface area contributed by atoms with Gasteiger partial charge in [0.25, 0.3) is 0 Å². The molecule has 0 bridgehead atoms. The Hall–Kier alpha value is -2.24. The summed E-state index contributed by atoms with van der Waals surface area (Å²) in [5.74, 6) is -1.53. The van der Waals surface area contributed by atoms with Gasteiger partial charge in [0.2, 0.25) is 5.91 Å². The van der Waals surface area contributed by atoms with Crippen molar-refractivity contribution in [1.82, 2.24) is 4.90 Å². The smallest absolute Gasteiger partial charge is 0.308 e. The van der Waals surface area contributed by atoms with Gasteiger partial charge < -0.3 is 19.8 Å². The van der Waals surface area contributed by atoms with Crippen molar-refractivity contribution >= 4 is 11.9 Å². The molecule has 1 fully saturated rings. The van der Waals surface area contributed by atoms with Crippen molar-refractivity contribution in [3.8, 4) is 11.5 Å². The van der Waals surface area contributed by atoms with Crippen molar-refractivity contribution < 1.29 is 24.5 Å². The fraction of sp³-hybridized carbons (Fsp3) is 0.385. The van der Waals surface area contributed by atoms with Crippen LogP contribution in [0.15, 0.2) is 18.2 Å². The van der Waals surface area contributed by atoms with Crippen LogP contribution in [0.3, 0.4) is 0 Å². The van der Waals surface area contributed by atoms with Gasteiger partial charge in [-0.2, -0.15) is 0 Å². The van der Waals surface area contributed by atoms with E-state index in [0.29, 0.717) is 11.3 Å². The van der Waals surface area contributed by atoms with Crippen molar-refractivity contribution in [3.63, 3.8) is 0 Å². The average molecular weight is 265 g/mol. The van der Waals surface area contributed by atoms with Crippen LogP contribution < -0.4 is 4.74 Å². The lowest BCUT2D eigenvalue weighted by Crippen LogP contribution is -2.25. The number of para-hydroxylation sites is 1. The van der Waals surface area contributed by atoms with E-state index in [-0.39, 0.29) is 31.2 Å². The molecule has 0 aromatic heterocycles. The van der Waals surface area contributed by atoms with Gasteiger partial charge in [-0.1, -0.05) is 12.1 Å². The molecule has 1 amide bonds. The predicted molar refractivity (Wildman–Crippen MR) is 65.8 cm³/mol. The van der Waals surface area contributed by atoms with Crippen LogP contribution in [0.1, 0.15) is 12.0 Å². The SMILES string of the molecule is COc1cccc(CN2C[C@H](C(=O)O)CC2=O)c1O. The van der Waals surface area contributed by atoms with E-state index in [1.807, 2.05) is 0 Å². The second-order valence-corrected chi connectivity index (χ2v) is 4.48. The molecule has 6 heteroatoms. The molecule has 1 heterocycles. The van der Waals surface area contributed by atoms with Gasteiger partial charge in [0.15, 0.2) is 11.5 Å². The minimum atomic E-state index is -0.967. The number of ether oxygens (including phenoxy) is 1. The van der Waals surface area contributed by atoms with Crippen LogP contribution in [0.2, 0.25) is 0 Å². The number of amides is 1. The van der Waals surface area contributed by atoms with Crippen LogP contribution in [0, 0.1) is 5.92 Å². The maximum atomic E-state index is 11.7. The fourth-order valence-corrected chi connectivity index (χ4v) is 2.16. The number of carboxylic acid groups (broad SMARTS) is 1. The van der Waals surface area contributed by atoms with E-state index in [2.05, 4.69) is 0 Å². The number of carboxylic acids is 1. The largest absolute Gasteiger partial charge is 0.504 e. The second kappa shape index (κ2) is 5.17. The molecule has 2 N–H and O–H groups in total. The molecule has 102 valence electrons. The van der Waals surface area contributed by atoms with Crippen LogP contribution in [0.25, 0.3) is 0 Å². The highest BCUT2D eigenvalue weighted by Crippen LogP contribution is 2.31. The topological polar surface area (TPSA) is 87.1 Å². The highest BCUT2D eigenvalue weighted by atomic mass is 16.5. The lowest BCUT2D eigenvalue weighted by atomic mass is 10.1. The molecule has 1 aromatic carbocycles. The number of aliphatic carboxylic acids is 1. The normalized spacial score (nSPS) is 18.7. The molecule has 0 saturated carbocycles. The highest BCUT2D eigenvalue weighted by molar-refractivity contribution is 5.86. The number of benzene rings is 1. The van der Waals surface area contributed by atoms with E-state index in [1.54, 1.807) is 18.2 Å². The molecule has 0 aliphatic carbocycles. The summed E-state index contributed by atoms with van der Waals surface area (Å²) in [5, 5.41) is 18.8. The van der Waals surface area contributed by atoms with E-state index in [1.165, 1.54) is 12.0 Å². The third kappa shape index (κ3) is 2.62. The van der Waals surface area contributed by atoms with Gasteiger partial charge in [0.05, 0.1) is 13.0 Å². The monoisotopic (exact) mass is 265 g/mol. The molecule has 1 saturated heterocycles. The van der Waals surface area contributed by atoms with Crippen LogP contribution in [-0.4, -0.2) is 40.6 Å².